The molecule has 1 N–H and O–H groups in total. The monoisotopic (exact) mass is 183 g/mol. The van der Waals surface area contributed by atoms with Crippen molar-refractivity contribution in [3.8, 4) is 0 Å². The lowest BCUT2D eigenvalue weighted by Gasteiger charge is -2.36. The predicted molar refractivity (Wildman–Crippen MR) is 50.6 cm³/mol. The molecule has 0 unspecified atom stereocenters. The first-order valence-corrected chi connectivity index (χ1v) is 4.59. The number of imidazole rings is 1. The van der Waals surface area contributed by atoms with Crippen LogP contribution in [0.1, 0.15) is 0 Å². The van der Waals surface area contributed by atoms with Gasteiger partial charge in [0.15, 0.2) is 4.77 Å². The molecule has 0 bridgehead atoms. The molecule has 12 heavy (non-hydrogen) atoms. The smallest absolute Gasteiger partial charge is 0.177 e. The number of H-pyrrole nitrogens is 1. The lowest BCUT2D eigenvalue weighted by molar-refractivity contribution is 0.119. The summed E-state index contributed by atoms with van der Waals surface area (Å²) in [5.74, 6) is 0.789. The first-order valence-electron chi connectivity index (χ1n) is 4.18. The van der Waals surface area contributed by atoms with Gasteiger partial charge in [-0.1, -0.05) is 0 Å². The van der Waals surface area contributed by atoms with Crippen LogP contribution in [0.25, 0.3) is 0 Å². The Kier molecular flexibility index (Phi) is 2.02. The largest absolute Gasteiger partial charge is 0.337 e. The first kappa shape index (κ1) is 8.01. The molecule has 2 heterocycles. The molecule has 0 aliphatic carbocycles. The van der Waals surface area contributed by atoms with Crippen LogP contribution >= 0.6 is 12.2 Å². The number of nitrogens with one attached hydrogen (secondary N) is 1. The Labute approximate surface area is 77.0 Å². The van der Waals surface area contributed by atoms with Gasteiger partial charge in [0.1, 0.15) is 0 Å². The highest BCUT2D eigenvalue weighted by Crippen LogP contribution is 2.14. The maximum atomic E-state index is 5.10. The van der Waals surface area contributed by atoms with E-state index in [2.05, 4.69) is 21.5 Å². The SMILES string of the molecule is CN1CC(Cn2cc[nH]c2=S)C1. The highest BCUT2D eigenvalue weighted by Gasteiger charge is 2.23. The average Bonchev–Trinajstić information content (AvgIpc) is 2.33. The Morgan fingerprint density at radius 1 is 1.67 bits per heavy atom. The van der Waals surface area contributed by atoms with Crippen molar-refractivity contribution in [1.29, 1.82) is 0 Å². The summed E-state index contributed by atoms with van der Waals surface area (Å²) in [4.78, 5) is 5.32. The van der Waals surface area contributed by atoms with E-state index in [0.717, 1.165) is 17.2 Å². The van der Waals surface area contributed by atoms with Crippen LogP contribution in [-0.2, 0) is 6.54 Å². The van der Waals surface area contributed by atoms with Crippen LogP contribution in [0.3, 0.4) is 0 Å². The van der Waals surface area contributed by atoms with Gasteiger partial charge < -0.3 is 14.5 Å². The van der Waals surface area contributed by atoms with Gasteiger partial charge in [0.25, 0.3) is 0 Å². The minimum absolute atomic E-state index is 0.789. The maximum absolute atomic E-state index is 5.10. The summed E-state index contributed by atoms with van der Waals surface area (Å²) < 4.78 is 2.94. The van der Waals surface area contributed by atoms with Gasteiger partial charge in [-0.2, -0.15) is 0 Å². The zero-order chi connectivity index (χ0) is 8.55. The second-order valence-electron chi connectivity index (χ2n) is 3.50. The van der Waals surface area contributed by atoms with Gasteiger partial charge in [-0.15, -0.1) is 0 Å². The third-order valence-corrected chi connectivity index (χ3v) is 2.67. The van der Waals surface area contributed by atoms with E-state index in [-0.39, 0.29) is 0 Å². The van der Waals surface area contributed by atoms with E-state index in [0.29, 0.717) is 0 Å². The van der Waals surface area contributed by atoms with Crippen LogP contribution in [0.5, 0.6) is 0 Å². The molecule has 1 saturated heterocycles. The van der Waals surface area contributed by atoms with Gasteiger partial charge in [-0.25, -0.2) is 0 Å². The fraction of sp³-hybridized carbons (Fsp3) is 0.625. The van der Waals surface area contributed by atoms with E-state index in [1.165, 1.54) is 13.1 Å². The summed E-state index contributed by atoms with van der Waals surface area (Å²) in [5.41, 5.74) is 0. The Bertz CT molecular complexity index is 308. The van der Waals surface area contributed by atoms with Crippen LogP contribution in [0.4, 0.5) is 0 Å². The van der Waals surface area contributed by atoms with Crippen LogP contribution in [0.2, 0.25) is 0 Å². The van der Waals surface area contributed by atoms with Crippen molar-refractivity contribution < 1.29 is 0 Å². The van der Waals surface area contributed by atoms with Gasteiger partial charge in [-0.3, -0.25) is 0 Å². The number of aromatic amines is 1. The van der Waals surface area contributed by atoms with Crippen molar-refractivity contribution in [1.82, 2.24) is 14.5 Å². The highest BCUT2D eigenvalue weighted by molar-refractivity contribution is 7.71. The van der Waals surface area contributed by atoms with Crippen molar-refractivity contribution in [2.24, 2.45) is 5.92 Å². The first-order chi connectivity index (χ1) is 5.75. The molecule has 3 nitrogen and oxygen atoms in total. The van der Waals surface area contributed by atoms with E-state index in [1.807, 2.05) is 12.4 Å². The van der Waals surface area contributed by atoms with E-state index >= 15 is 0 Å². The Morgan fingerprint density at radius 2 is 2.42 bits per heavy atom. The minimum Gasteiger partial charge on any atom is -0.337 e. The molecular weight excluding hydrogens is 170 g/mol. The van der Waals surface area contributed by atoms with Crippen molar-refractivity contribution in [3.63, 3.8) is 0 Å². The molecule has 1 aliphatic rings. The third-order valence-electron chi connectivity index (χ3n) is 2.32. The average molecular weight is 183 g/mol. The van der Waals surface area contributed by atoms with Gasteiger partial charge in [-0.05, 0) is 19.3 Å². The number of hydrogen-bond acceptors (Lipinski definition) is 2. The molecular formula is C8H13N3S. The third kappa shape index (κ3) is 1.44. The number of aromatic nitrogens is 2. The molecule has 0 amide bonds. The molecule has 1 aliphatic heterocycles. The minimum atomic E-state index is 0.789. The Hall–Kier alpha value is -0.610. The van der Waals surface area contributed by atoms with Crippen LogP contribution in [-0.4, -0.2) is 34.6 Å². The Morgan fingerprint density at radius 3 is 2.92 bits per heavy atom. The molecule has 1 fully saturated rings. The summed E-state index contributed by atoms with van der Waals surface area (Å²) in [6.45, 7) is 3.46. The maximum Gasteiger partial charge on any atom is 0.177 e. The normalized spacial score (nSPS) is 19.4. The fourth-order valence-corrected chi connectivity index (χ4v) is 1.92. The van der Waals surface area contributed by atoms with Crippen molar-refractivity contribution in [2.75, 3.05) is 20.1 Å². The molecule has 66 valence electrons. The number of nitrogens with zero attached hydrogens (tertiary/aromatic N) is 2. The molecule has 1 aromatic heterocycles. The number of likely N-dealkylation sites (tertiary alicyclic amines) is 1. The molecule has 0 radical (unpaired) electrons. The van der Waals surface area contributed by atoms with E-state index in [9.17, 15) is 0 Å². The van der Waals surface area contributed by atoms with Crippen LogP contribution < -0.4 is 0 Å². The second kappa shape index (κ2) is 3.03. The van der Waals surface area contributed by atoms with E-state index < -0.39 is 0 Å². The predicted octanol–water partition coefficient (Wildman–Crippen LogP) is 1.11. The summed E-state index contributed by atoms with van der Waals surface area (Å²) in [6.07, 6.45) is 3.91. The van der Waals surface area contributed by atoms with Gasteiger partial charge in [0.2, 0.25) is 0 Å². The van der Waals surface area contributed by atoms with Crippen LogP contribution in [0, 0.1) is 10.7 Å². The zero-order valence-electron chi connectivity index (χ0n) is 7.16. The van der Waals surface area contributed by atoms with Crippen LogP contribution in [0.15, 0.2) is 12.4 Å². The van der Waals surface area contributed by atoms with Crippen molar-refractivity contribution in [3.05, 3.63) is 17.2 Å². The van der Waals surface area contributed by atoms with Gasteiger partial charge in [0.05, 0.1) is 0 Å². The zero-order valence-corrected chi connectivity index (χ0v) is 7.97. The standard InChI is InChI=1S/C8H13N3S/c1-10-4-7(5-10)6-11-3-2-9-8(11)12/h2-3,7H,4-6H2,1H3,(H,9,12). The lowest BCUT2D eigenvalue weighted by atomic mass is 10.0. The molecule has 1 aromatic rings. The van der Waals surface area contributed by atoms with E-state index in [1.54, 1.807) is 0 Å². The molecule has 0 spiro atoms. The molecule has 0 saturated carbocycles. The topological polar surface area (TPSA) is 24.0 Å². The summed E-state index contributed by atoms with van der Waals surface area (Å²) in [6, 6.07) is 0. The summed E-state index contributed by atoms with van der Waals surface area (Å²) >= 11 is 5.10. The van der Waals surface area contributed by atoms with Gasteiger partial charge in [0, 0.05) is 37.9 Å². The molecule has 4 heteroatoms. The number of rotatable bonds is 2. The van der Waals surface area contributed by atoms with E-state index in [4.69, 9.17) is 12.2 Å². The van der Waals surface area contributed by atoms with Gasteiger partial charge >= 0.3 is 0 Å². The summed E-state index contributed by atoms with van der Waals surface area (Å²) in [7, 11) is 2.15. The highest BCUT2D eigenvalue weighted by atomic mass is 32.1. The molecule has 0 aromatic carbocycles. The molecule has 2 rings (SSSR count). The summed E-state index contributed by atoms with van der Waals surface area (Å²) in [5, 5.41) is 0. The molecule has 0 atom stereocenters. The van der Waals surface area contributed by atoms with Crippen molar-refractivity contribution in [2.45, 2.75) is 6.54 Å². The second-order valence-corrected chi connectivity index (χ2v) is 3.89. The number of hydrogen-bond donors (Lipinski definition) is 1. The van der Waals surface area contributed by atoms with Crippen molar-refractivity contribution >= 4 is 12.2 Å². The lowest BCUT2D eigenvalue weighted by Crippen LogP contribution is -2.45. The Balaban J connectivity index is 1.96. The fourth-order valence-electron chi connectivity index (χ4n) is 1.71. The quantitative estimate of drug-likeness (QED) is 0.694.